The first-order chi connectivity index (χ1) is 11.1. The monoisotopic (exact) mass is 314 g/mol. The number of benzene rings is 2. The highest BCUT2D eigenvalue weighted by atomic mass is 19.1. The van der Waals surface area contributed by atoms with Crippen LogP contribution in [0.2, 0.25) is 0 Å². The lowest BCUT2D eigenvalue weighted by molar-refractivity contribution is -0.0332. The van der Waals surface area contributed by atoms with Crippen molar-refractivity contribution >= 4 is 5.91 Å². The van der Waals surface area contributed by atoms with Crippen molar-refractivity contribution in [3.05, 3.63) is 71.0 Å². The van der Waals surface area contributed by atoms with Gasteiger partial charge in [0, 0.05) is 25.2 Å². The summed E-state index contributed by atoms with van der Waals surface area (Å²) in [7, 11) is 0. The second-order valence-electron chi connectivity index (χ2n) is 5.67. The van der Waals surface area contributed by atoms with E-state index in [-0.39, 0.29) is 11.9 Å². The third kappa shape index (κ3) is 3.75. The number of halogens is 1. The van der Waals surface area contributed by atoms with E-state index in [1.807, 2.05) is 12.1 Å². The molecule has 3 rings (SSSR count). The molecule has 0 spiro atoms. The number of hydrogen-bond acceptors (Lipinski definition) is 3. The van der Waals surface area contributed by atoms with E-state index in [0.717, 1.165) is 24.2 Å². The van der Waals surface area contributed by atoms with Gasteiger partial charge in [0.1, 0.15) is 5.82 Å². The molecule has 1 amide bonds. The molecule has 4 nitrogen and oxygen atoms in total. The minimum absolute atomic E-state index is 0.187. The molecule has 1 fully saturated rings. The Bertz CT molecular complexity index is 688. The van der Waals surface area contributed by atoms with Crippen LogP contribution in [0.3, 0.4) is 0 Å². The standard InChI is InChI=1S/C18H19FN2O2/c19-14-7-5-13(6-8-14)11-21-9-10-23-17(12-21)15-3-1-2-4-16(15)18(20)22/h1-8,17H,9-12H2,(H2,20,22). The highest BCUT2D eigenvalue weighted by Gasteiger charge is 2.25. The summed E-state index contributed by atoms with van der Waals surface area (Å²) in [6.45, 7) is 2.77. The van der Waals surface area contributed by atoms with Crippen LogP contribution in [0.15, 0.2) is 48.5 Å². The number of nitrogens with zero attached hydrogens (tertiary/aromatic N) is 1. The van der Waals surface area contributed by atoms with Crippen molar-refractivity contribution in [1.29, 1.82) is 0 Å². The van der Waals surface area contributed by atoms with E-state index in [2.05, 4.69) is 4.90 Å². The number of amides is 1. The summed E-state index contributed by atoms with van der Waals surface area (Å²) in [6.07, 6.45) is -0.187. The number of morpholine rings is 1. The van der Waals surface area contributed by atoms with Crippen molar-refractivity contribution in [3.8, 4) is 0 Å². The molecule has 2 aromatic carbocycles. The lowest BCUT2D eigenvalue weighted by Crippen LogP contribution is -2.38. The third-order valence-corrected chi connectivity index (χ3v) is 4.04. The Kier molecular flexibility index (Phi) is 4.69. The van der Waals surface area contributed by atoms with Gasteiger partial charge in [0.05, 0.1) is 12.7 Å². The number of rotatable bonds is 4. The fraction of sp³-hybridized carbons (Fsp3) is 0.278. The maximum absolute atomic E-state index is 13.0. The Morgan fingerprint density at radius 2 is 1.96 bits per heavy atom. The lowest BCUT2D eigenvalue weighted by atomic mass is 10.0. The first-order valence-electron chi connectivity index (χ1n) is 7.60. The van der Waals surface area contributed by atoms with Crippen LogP contribution in [0.4, 0.5) is 4.39 Å². The molecule has 1 heterocycles. The molecule has 2 N–H and O–H groups in total. The minimum Gasteiger partial charge on any atom is -0.371 e. The van der Waals surface area contributed by atoms with Crippen LogP contribution < -0.4 is 5.73 Å². The second-order valence-corrected chi connectivity index (χ2v) is 5.67. The topological polar surface area (TPSA) is 55.6 Å². The number of carbonyl (C=O) groups excluding carboxylic acids is 1. The highest BCUT2D eigenvalue weighted by molar-refractivity contribution is 5.94. The smallest absolute Gasteiger partial charge is 0.249 e. The SMILES string of the molecule is NC(=O)c1ccccc1C1CN(Cc2ccc(F)cc2)CCO1. The molecule has 0 aliphatic carbocycles. The Morgan fingerprint density at radius 3 is 2.70 bits per heavy atom. The molecule has 120 valence electrons. The number of ether oxygens (including phenoxy) is 1. The molecule has 1 unspecified atom stereocenters. The summed E-state index contributed by atoms with van der Waals surface area (Å²) in [4.78, 5) is 13.8. The van der Waals surface area contributed by atoms with Crippen LogP contribution in [0.1, 0.15) is 27.6 Å². The van der Waals surface area contributed by atoms with Crippen LogP contribution in [0, 0.1) is 5.82 Å². The highest BCUT2D eigenvalue weighted by Crippen LogP contribution is 2.26. The van der Waals surface area contributed by atoms with Gasteiger partial charge in [0.15, 0.2) is 0 Å². The van der Waals surface area contributed by atoms with E-state index < -0.39 is 5.91 Å². The third-order valence-electron chi connectivity index (χ3n) is 4.04. The number of hydrogen-bond donors (Lipinski definition) is 1. The molecule has 5 heteroatoms. The van der Waals surface area contributed by atoms with E-state index in [0.29, 0.717) is 18.7 Å². The van der Waals surface area contributed by atoms with Gasteiger partial charge in [-0.25, -0.2) is 4.39 Å². The molecule has 1 saturated heterocycles. The van der Waals surface area contributed by atoms with Gasteiger partial charge in [-0.15, -0.1) is 0 Å². The van der Waals surface area contributed by atoms with E-state index in [4.69, 9.17) is 10.5 Å². The summed E-state index contributed by atoms with van der Waals surface area (Å²) in [5, 5.41) is 0. The fourth-order valence-corrected chi connectivity index (χ4v) is 2.88. The second kappa shape index (κ2) is 6.89. The van der Waals surface area contributed by atoms with Gasteiger partial charge >= 0.3 is 0 Å². The van der Waals surface area contributed by atoms with Crippen molar-refractivity contribution in [1.82, 2.24) is 4.90 Å². The average molecular weight is 314 g/mol. The summed E-state index contributed by atoms with van der Waals surface area (Å²) < 4.78 is 18.8. The van der Waals surface area contributed by atoms with Crippen LogP contribution in [-0.4, -0.2) is 30.5 Å². The van der Waals surface area contributed by atoms with Crippen molar-refractivity contribution < 1.29 is 13.9 Å². The normalized spacial score (nSPS) is 18.7. The number of nitrogens with two attached hydrogens (primary N) is 1. The van der Waals surface area contributed by atoms with Crippen LogP contribution >= 0.6 is 0 Å². The van der Waals surface area contributed by atoms with Crippen molar-refractivity contribution in [3.63, 3.8) is 0 Å². The summed E-state index contributed by atoms with van der Waals surface area (Å²) in [5.74, 6) is -0.677. The van der Waals surface area contributed by atoms with E-state index in [1.54, 1.807) is 24.3 Å². The molecule has 0 aromatic heterocycles. The minimum atomic E-state index is -0.445. The molecule has 2 aromatic rings. The molecule has 0 radical (unpaired) electrons. The maximum atomic E-state index is 13.0. The maximum Gasteiger partial charge on any atom is 0.249 e. The van der Waals surface area contributed by atoms with Gasteiger partial charge in [-0.1, -0.05) is 30.3 Å². The molecule has 1 aliphatic rings. The fourth-order valence-electron chi connectivity index (χ4n) is 2.88. The molecule has 0 saturated carbocycles. The van der Waals surface area contributed by atoms with Gasteiger partial charge < -0.3 is 10.5 Å². The molecule has 23 heavy (non-hydrogen) atoms. The Hall–Kier alpha value is -2.24. The molecular weight excluding hydrogens is 295 g/mol. The van der Waals surface area contributed by atoms with E-state index in [9.17, 15) is 9.18 Å². The number of carbonyl (C=O) groups is 1. The zero-order valence-corrected chi connectivity index (χ0v) is 12.7. The van der Waals surface area contributed by atoms with Crippen molar-refractivity contribution in [2.45, 2.75) is 12.6 Å². The molecule has 1 aliphatic heterocycles. The molecular formula is C18H19FN2O2. The van der Waals surface area contributed by atoms with Gasteiger partial charge in [0.25, 0.3) is 0 Å². The zero-order valence-electron chi connectivity index (χ0n) is 12.7. The van der Waals surface area contributed by atoms with Gasteiger partial charge in [-0.3, -0.25) is 9.69 Å². The van der Waals surface area contributed by atoms with Crippen LogP contribution in [0.5, 0.6) is 0 Å². The Balaban J connectivity index is 1.73. The van der Waals surface area contributed by atoms with Gasteiger partial charge in [-0.05, 0) is 29.3 Å². The van der Waals surface area contributed by atoms with Crippen molar-refractivity contribution in [2.24, 2.45) is 5.73 Å². The Morgan fingerprint density at radius 1 is 1.22 bits per heavy atom. The lowest BCUT2D eigenvalue weighted by Gasteiger charge is -2.33. The molecule has 0 bridgehead atoms. The van der Waals surface area contributed by atoms with Gasteiger partial charge in [-0.2, -0.15) is 0 Å². The number of primary amides is 1. The van der Waals surface area contributed by atoms with Crippen LogP contribution in [0.25, 0.3) is 0 Å². The van der Waals surface area contributed by atoms with E-state index >= 15 is 0 Å². The van der Waals surface area contributed by atoms with Crippen molar-refractivity contribution in [2.75, 3.05) is 19.7 Å². The predicted octanol–water partition coefficient (Wildman–Crippen LogP) is 2.50. The Labute approximate surface area is 134 Å². The van der Waals surface area contributed by atoms with Gasteiger partial charge in [0.2, 0.25) is 5.91 Å². The van der Waals surface area contributed by atoms with Crippen LogP contribution in [-0.2, 0) is 11.3 Å². The largest absolute Gasteiger partial charge is 0.371 e. The zero-order chi connectivity index (χ0) is 16.2. The summed E-state index contributed by atoms with van der Waals surface area (Å²) >= 11 is 0. The quantitative estimate of drug-likeness (QED) is 0.943. The summed E-state index contributed by atoms with van der Waals surface area (Å²) in [6, 6.07) is 13.8. The molecule has 1 atom stereocenters. The summed E-state index contributed by atoms with van der Waals surface area (Å²) in [5.41, 5.74) is 7.83. The first kappa shape index (κ1) is 15.6. The first-order valence-corrected chi connectivity index (χ1v) is 7.60. The van der Waals surface area contributed by atoms with E-state index in [1.165, 1.54) is 12.1 Å². The average Bonchev–Trinajstić information content (AvgIpc) is 2.57. The predicted molar refractivity (Wildman–Crippen MR) is 85.3 cm³/mol.